The van der Waals surface area contributed by atoms with Crippen molar-refractivity contribution in [3.63, 3.8) is 0 Å². The first-order valence-electron chi connectivity index (χ1n) is 6.04. The van der Waals surface area contributed by atoms with Crippen LogP contribution in [0.3, 0.4) is 0 Å². The fourth-order valence-electron chi connectivity index (χ4n) is 1.74. The lowest BCUT2D eigenvalue weighted by atomic mass is 10.2. The molecule has 18 heavy (non-hydrogen) atoms. The van der Waals surface area contributed by atoms with E-state index in [2.05, 4.69) is 0 Å². The lowest BCUT2D eigenvalue weighted by Crippen LogP contribution is -2.17. The van der Waals surface area contributed by atoms with Gasteiger partial charge in [0.1, 0.15) is 5.58 Å². The van der Waals surface area contributed by atoms with Crippen molar-refractivity contribution >= 4 is 11.0 Å². The van der Waals surface area contributed by atoms with Gasteiger partial charge in [0.15, 0.2) is 6.29 Å². The van der Waals surface area contributed by atoms with Crippen LogP contribution in [0, 0.1) is 0 Å². The molecule has 2 aromatic rings. The Bertz CT molecular complexity index is 540. The average molecular weight is 248 g/mol. The van der Waals surface area contributed by atoms with Crippen LogP contribution < -0.4 is 5.63 Å². The maximum Gasteiger partial charge on any atom is 0.336 e. The average Bonchev–Trinajstić information content (AvgIpc) is 2.40. The van der Waals surface area contributed by atoms with Crippen LogP contribution in [-0.2, 0) is 4.74 Å². The Kier molecular flexibility index (Phi) is 4.50. The number of aliphatic hydroxyl groups excluding tert-OH is 1. The van der Waals surface area contributed by atoms with Crippen LogP contribution >= 0.6 is 0 Å². The highest BCUT2D eigenvalue weighted by Crippen LogP contribution is 2.09. The molecular weight excluding hydrogens is 232 g/mol. The van der Waals surface area contributed by atoms with Gasteiger partial charge in [0.2, 0.25) is 0 Å². The number of hydrogen-bond acceptors (Lipinski definition) is 4. The highest BCUT2D eigenvalue weighted by molar-refractivity contribution is 5.75. The Balaban J connectivity index is 0.000000149. The van der Waals surface area contributed by atoms with Gasteiger partial charge in [-0.05, 0) is 31.4 Å². The second-order valence-corrected chi connectivity index (χ2v) is 4.11. The summed E-state index contributed by atoms with van der Waals surface area (Å²) in [6, 6.07) is 10.6. The first-order valence-corrected chi connectivity index (χ1v) is 6.04. The molecule has 2 heterocycles. The van der Waals surface area contributed by atoms with E-state index in [0.717, 1.165) is 31.3 Å². The number of benzene rings is 1. The number of aliphatic hydroxyl groups is 1. The summed E-state index contributed by atoms with van der Waals surface area (Å²) in [6.07, 6.45) is 2.58. The Labute approximate surface area is 105 Å². The summed E-state index contributed by atoms with van der Waals surface area (Å²) >= 11 is 0. The Hall–Kier alpha value is -1.65. The van der Waals surface area contributed by atoms with Crippen molar-refractivity contribution < 1.29 is 14.3 Å². The largest absolute Gasteiger partial charge is 0.423 e. The van der Waals surface area contributed by atoms with Gasteiger partial charge in [0, 0.05) is 18.1 Å². The molecular formula is C14H16O4. The normalized spacial score (nSPS) is 19.1. The predicted molar refractivity (Wildman–Crippen MR) is 68.3 cm³/mol. The van der Waals surface area contributed by atoms with Crippen LogP contribution in [0.1, 0.15) is 19.3 Å². The molecule has 1 N–H and O–H groups in total. The highest BCUT2D eigenvalue weighted by Gasteiger charge is 2.07. The monoisotopic (exact) mass is 248 g/mol. The Morgan fingerprint density at radius 3 is 2.61 bits per heavy atom. The quantitative estimate of drug-likeness (QED) is 0.727. The van der Waals surface area contributed by atoms with Gasteiger partial charge in [-0.1, -0.05) is 18.2 Å². The zero-order valence-electron chi connectivity index (χ0n) is 10.0. The molecule has 3 rings (SSSR count). The highest BCUT2D eigenvalue weighted by atomic mass is 16.6. The summed E-state index contributed by atoms with van der Waals surface area (Å²) in [5.41, 5.74) is 0.337. The van der Waals surface area contributed by atoms with E-state index in [9.17, 15) is 4.79 Å². The SMILES string of the molecule is O=c1ccc2ccccc2o1.OC1CCCCO1. The number of rotatable bonds is 0. The molecule has 0 saturated carbocycles. The second-order valence-electron chi connectivity index (χ2n) is 4.11. The third kappa shape index (κ3) is 3.68. The molecule has 1 saturated heterocycles. The molecule has 1 atom stereocenters. The third-order valence-electron chi connectivity index (χ3n) is 2.68. The van der Waals surface area contributed by atoms with Crippen LogP contribution in [-0.4, -0.2) is 18.0 Å². The van der Waals surface area contributed by atoms with Gasteiger partial charge in [-0.2, -0.15) is 0 Å². The zero-order valence-corrected chi connectivity index (χ0v) is 10.0. The molecule has 1 aromatic carbocycles. The zero-order chi connectivity index (χ0) is 12.8. The van der Waals surface area contributed by atoms with Gasteiger partial charge in [0.05, 0.1) is 0 Å². The molecule has 0 spiro atoms. The number of ether oxygens (including phenoxy) is 1. The number of fused-ring (bicyclic) bond motifs is 1. The van der Waals surface area contributed by atoms with Crippen LogP contribution in [0.5, 0.6) is 0 Å². The van der Waals surface area contributed by atoms with Crippen molar-refractivity contribution in [2.45, 2.75) is 25.6 Å². The summed E-state index contributed by atoms with van der Waals surface area (Å²) in [4.78, 5) is 10.7. The Morgan fingerprint density at radius 1 is 1.11 bits per heavy atom. The lowest BCUT2D eigenvalue weighted by Gasteiger charge is -2.16. The van der Waals surface area contributed by atoms with E-state index < -0.39 is 6.29 Å². The van der Waals surface area contributed by atoms with Crippen LogP contribution in [0.4, 0.5) is 0 Å². The molecule has 1 aliphatic rings. The molecule has 0 amide bonds. The summed E-state index contributed by atoms with van der Waals surface area (Å²) < 4.78 is 9.74. The van der Waals surface area contributed by atoms with Crippen LogP contribution in [0.25, 0.3) is 11.0 Å². The molecule has 0 radical (unpaired) electrons. The lowest BCUT2D eigenvalue weighted by molar-refractivity contribution is -0.123. The maximum absolute atomic E-state index is 10.7. The standard InChI is InChI=1S/C9H6O2.C5H10O2/c10-9-6-5-7-3-1-2-4-8(7)11-9;6-5-3-1-2-4-7-5/h1-6H;5-6H,1-4H2. The topological polar surface area (TPSA) is 59.7 Å². The van der Waals surface area contributed by atoms with E-state index in [1.807, 2.05) is 18.2 Å². The minimum atomic E-state index is -0.464. The third-order valence-corrected chi connectivity index (χ3v) is 2.68. The van der Waals surface area contributed by atoms with E-state index in [0.29, 0.717) is 5.58 Å². The van der Waals surface area contributed by atoms with Crippen LogP contribution in [0.2, 0.25) is 0 Å². The fraction of sp³-hybridized carbons (Fsp3) is 0.357. The molecule has 1 aromatic heterocycles. The van der Waals surface area contributed by atoms with Crippen molar-refractivity contribution in [3.8, 4) is 0 Å². The first-order chi connectivity index (χ1) is 8.75. The molecule has 4 heteroatoms. The minimum absolute atomic E-state index is 0.302. The predicted octanol–water partition coefficient (Wildman–Crippen LogP) is 2.30. The van der Waals surface area contributed by atoms with Crippen molar-refractivity contribution in [2.75, 3.05) is 6.61 Å². The fourth-order valence-corrected chi connectivity index (χ4v) is 1.74. The smallest absolute Gasteiger partial charge is 0.336 e. The molecule has 96 valence electrons. The van der Waals surface area contributed by atoms with Gasteiger partial charge in [-0.15, -0.1) is 0 Å². The maximum atomic E-state index is 10.7. The minimum Gasteiger partial charge on any atom is -0.423 e. The molecule has 4 nitrogen and oxygen atoms in total. The van der Waals surface area contributed by atoms with E-state index >= 15 is 0 Å². The second kappa shape index (κ2) is 6.33. The molecule has 1 fully saturated rings. The van der Waals surface area contributed by atoms with Gasteiger partial charge in [0.25, 0.3) is 0 Å². The summed E-state index contributed by atoms with van der Waals surface area (Å²) in [5, 5.41) is 9.64. The van der Waals surface area contributed by atoms with Crippen molar-refractivity contribution in [2.24, 2.45) is 0 Å². The van der Waals surface area contributed by atoms with Crippen molar-refractivity contribution in [1.82, 2.24) is 0 Å². The number of hydrogen-bond donors (Lipinski definition) is 1. The van der Waals surface area contributed by atoms with Crippen molar-refractivity contribution in [3.05, 3.63) is 46.8 Å². The van der Waals surface area contributed by atoms with E-state index in [1.54, 1.807) is 12.1 Å². The Morgan fingerprint density at radius 2 is 1.94 bits per heavy atom. The molecule has 1 unspecified atom stereocenters. The molecule has 1 aliphatic heterocycles. The van der Waals surface area contributed by atoms with Gasteiger partial charge >= 0.3 is 5.63 Å². The first kappa shape index (κ1) is 12.8. The van der Waals surface area contributed by atoms with Gasteiger partial charge < -0.3 is 14.3 Å². The van der Waals surface area contributed by atoms with E-state index in [4.69, 9.17) is 14.3 Å². The van der Waals surface area contributed by atoms with E-state index in [-0.39, 0.29) is 5.63 Å². The summed E-state index contributed by atoms with van der Waals surface area (Å²) in [7, 11) is 0. The molecule has 0 bridgehead atoms. The molecule has 0 aliphatic carbocycles. The summed E-state index contributed by atoms with van der Waals surface area (Å²) in [6.45, 7) is 0.737. The number of para-hydroxylation sites is 1. The summed E-state index contributed by atoms with van der Waals surface area (Å²) in [5.74, 6) is 0. The van der Waals surface area contributed by atoms with E-state index in [1.165, 1.54) is 6.07 Å². The van der Waals surface area contributed by atoms with Gasteiger partial charge in [-0.25, -0.2) is 4.79 Å². The van der Waals surface area contributed by atoms with Crippen LogP contribution in [0.15, 0.2) is 45.6 Å². The van der Waals surface area contributed by atoms with Crippen molar-refractivity contribution in [1.29, 1.82) is 0 Å². The van der Waals surface area contributed by atoms with Gasteiger partial charge in [-0.3, -0.25) is 0 Å².